The molecule has 3 heterocycles. The molecule has 2 saturated carbocycles. The molecule has 2 saturated heterocycles. The van der Waals surface area contributed by atoms with E-state index in [1.54, 1.807) is 45.0 Å². The second-order valence-electron chi connectivity index (χ2n) is 16.6. The molecular formula is C41H59FN4O8. The van der Waals surface area contributed by atoms with E-state index < -0.39 is 36.4 Å². The number of likely N-dealkylation sites (tertiary alicyclic amines) is 1. The minimum atomic E-state index is -0.703. The van der Waals surface area contributed by atoms with E-state index in [1.165, 1.54) is 6.42 Å². The molecule has 3 amide bonds. The summed E-state index contributed by atoms with van der Waals surface area (Å²) in [6, 6.07) is 5.66. The molecule has 12 nitrogen and oxygen atoms in total. The maximum absolute atomic E-state index is 14.3. The average molecular weight is 755 g/mol. The second-order valence-corrected chi connectivity index (χ2v) is 16.6. The number of alkyl carbamates (subject to hydrolysis) is 1. The summed E-state index contributed by atoms with van der Waals surface area (Å²) in [6.45, 7) is 9.47. The highest BCUT2D eigenvalue weighted by molar-refractivity contribution is 6.00. The van der Waals surface area contributed by atoms with Crippen LogP contribution in [0.15, 0.2) is 28.7 Å². The monoisotopic (exact) mass is 754 g/mol. The van der Waals surface area contributed by atoms with Crippen molar-refractivity contribution in [2.24, 2.45) is 23.7 Å². The highest BCUT2D eigenvalue weighted by atomic mass is 19.1. The Morgan fingerprint density at radius 1 is 0.944 bits per heavy atom. The summed E-state index contributed by atoms with van der Waals surface area (Å²) in [5.74, 6) is -0.536. The zero-order valence-corrected chi connectivity index (χ0v) is 32.2. The number of rotatable bonds is 12. The fourth-order valence-electron chi connectivity index (χ4n) is 8.99. The Bertz CT molecular complexity index is 1590. The van der Waals surface area contributed by atoms with Crippen LogP contribution in [0.1, 0.15) is 102 Å². The van der Waals surface area contributed by atoms with Gasteiger partial charge >= 0.3 is 12.1 Å². The number of ether oxygens (including phenoxy) is 3. The molecule has 0 spiro atoms. The fourth-order valence-corrected chi connectivity index (χ4v) is 8.99. The van der Waals surface area contributed by atoms with Gasteiger partial charge in [-0.25, -0.2) is 14.0 Å². The van der Waals surface area contributed by atoms with E-state index in [-0.39, 0.29) is 41.9 Å². The van der Waals surface area contributed by atoms with Gasteiger partial charge in [0.25, 0.3) is 0 Å². The molecule has 54 heavy (non-hydrogen) atoms. The van der Waals surface area contributed by atoms with E-state index >= 15 is 0 Å². The van der Waals surface area contributed by atoms with Crippen molar-refractivity contribution in [2.75, 3.05) is 58.0 Å². The lowest BCUT2D eigenvalue weighted by atomic mass is 9.76. The topological polar surface area (TPSA) is 140 Å². The minimum Gasteiger partial charge on any atom is -0.460 e. The lowest BCUT2D eigenvalue weighted by molar-refractivity contribution is -0.142. The Labute approximate surface area is 318 Å². The second kappa shape index (κ2) is 18.3. The van der Waals surface area contributed by atoms with Gasteiger partial charge in [-0.1, -0.05) is 32.1 Å². The predicted molar refractivity (Wildman–Crippen MR) is 202 cm³/mol. The number of anilines is 1. The number of nitrogens with one attached hydrogen (secondary N) is 2. The molecule has 2 aliphatic carbocycles. The molecule has 4 aliphatic rings. The molecule has 6 rings (SSSR count). The van der Waals surface area contributed by atoms with Gasteiger partial charge in [-0.3, -0.25) is 14.5 Å². The van der Waals surface area contributed by atoms with Crippen LogP contribution >= 0.6 is 0 Å². The van der Waals surface area contributed by atoms with Crippen LogP contribution in [-0.2, 0) is 23.8 Å². The van der Waals surface area contributed by atoms with Crippen molar-refractivity contribution >= 4 is 40.5 Å². The number of furan rings is 1. The first kappa shape index (κ1) is 40.0. The molecule has 3 atom stereocenters. The molecule has 1 unspecified atom stereocenters. The van der Waals surface area contributed by atoms with Gasteiger partial charge in [0.05, 0.1) is 25.9 Å². The summed E-state index contributed by atoms with van der Waals surface area (Å²) in [7, 11) is 0. The molecule has 2 aromatic rings. The lowest BCUT2D eigenvalue weighted by Crippen LogP contribution is -2.50. The van der Waals surface area contributed by atoms with Crippen molar-refractivity contribution in [3.63, 3.8) is 0 Å². The highest BCUT2D eigenvalue weighted by Gasteiger charge is 2.47. The summed E-state index contributed by atoms with van der Waals surface area (Å²) in [5.41, 5.74) is 0.395. The van der Waals surface area contributed by atoms with Crippen molar-refractivity contribution in [1.29, 1.82) is 0 Å². The van der Waals surface area contributed by atoms with Crippen LogP contribution in [0.3, 0.4) is 0 Å². The van der Waals surface area contributed by atoms with Gasteiger partial charge in [0, 0.05) is 43.2 Å². The molecule has 2 N–H and O–H groups in total. The van der Waals surface area contributed by atoms with Gasteiger partial charge in [0.2, 0.25) is 17.6 Å². The lowest BCUT2D eigenvalue weighted by Gasteiger charge is -2.37. The minimum absolute atomic E-state index is 0.0119. The molecule has 1 aromatic heterocycles. The molecular weight excluding hydrogens is 695 g/mol. The van der Waals surface area contributed by atoms with Crippen molar-refractivity contribution in [2.45, 2.75) is 109 Å². The van der Waals surface area contributed by atoms with Crippen LogP contribution in [-0.4, -0.2) is 104 Å². The number of hydrogen-bond acceptors (Lipinski definition) is 9. The van der Waals surface area contributed by atoms with E-state index in [1.807, 2.05) is 4.90 Å². The third-order valence-electron chi connectivity index (χ3n) is 11.8. The van der Waals surface area contributed by atoms with E-state index in [4.69, 9.17) is 18.6 Å². The van der Waals surface area contributed by atoms with Crippen LogP contribution in [0.25, 0.3) is 11.0 Å². The quantitative estimate of drug-likeness (QED) is 0.179. The summed E-state index contributed by atoms with van der Waals surface area (Å²) < 4.78 is 36.1. The van der Waals surface area contributed by atoms with Crippen molar-refractivity contribution in [3.05, 3.63) is 30.0 Å². The van der Waals surface area contributed by atoms with E-state index in [9.17, 15) is 23.6 Å². The van der Waals surface area contributed by atoms with Gasteiger partial charge in [0.15, 0.2) is 0 Å². The Hall–Kier alpha value is -3.71. The van der Waals surface area contributed by atoms with Crippen LogP contribution in [0.5, 0.6) is 0 Å². The smallest absolute Gasteiger partial charge is 0.407 e. The first-order valence-electron chi connectivity index (χ1n) is 20.2. The number of morpholine rings is 1. The number of hydrogen-bond donors (Lipinski definition) is 2. The van der Waals surface area contributed by atoms with Gasteiger partial charge in [-0.2, -0.15) is 0 Å². The standard InChI is InChI=1S/C41H59FN4O8/c1-41(2,3)54-40(50)44-33(26-42)28-10-12-29(13-11-28)38(48)46-18-16-32(27-8-5-4-6-9-27)36(46)37(47)43-31-14-15-34-30(24-31)25-35(53-34)39(49)52-21-7-17-45-19-22-51-23-20-45/h14-15,24-25,27-29,32-33,36H,4-13,16-23,26H2,1-3H3,(H,43,47)(H,44,50)/t28?,29?,32-,33?,36-/m0/s1. The Kier molecular flexibility index (Phi) is 13.5. The van der Waals surface area contributed by atoms with Crippen molar-refractivity contribution in [3.8, 4) is 0 Å². The Morgan fingerprint density at radius 2 is 1.69 bits per heavy atom. The first-order valence-corrected chi connectivity index (χ1v) is 20.2. The number of fused-ring (bicyclic) bond motifs is 1. The SMILES string of the molecule is CC(C)(C)OC(=O)NC(CF)C1CCC(C(=O)N2CC[C@@H](C3CCCCC3)[C@H]2C(=O)Nc2ccc3oc(C(=O)OCCCN4CCOCC4)cc3c2)CC1. The van der Waals surface area contributed by atoms with Crippen LogP contribution < -0.4 is 10.6 Å². The zero-order valence-electron chi connectivity index (χ0n) is 32.2. The Balaban J connectivity index is 1.07. The number of amides is 3. The van der Waals surface area contributed by atoms with E-state index in [0.717, 1.165) is 71.4 Å². The maximum Gasteiger partial charge on any atom is 0.407 e. The first-order chi connectivity index (χ1) is 26.0. The van der Waals surface area contributed by atoms with Crippen molar-refractivity contribution < 1.29 is 42.2 Å². The van der Waals surface area contributed by atoms with Gasteiger partial charge in [0.1, 0.15) is 23.9 Å². The van der Waals surface area contributed by atoms with E-state index in [2.05, 4.69) is 15.5 Å². The molecule has 4 fully saturated rings. The third-order valence-corrected chi connectivity index (χ3v) is 11.8. The van der Waals surface area contributed by atoms with Crippen LogP contribution in [0.4, 0.5) is 14.9 Å². The number of esters is 1. The van der Waals surface area contributed by atoms with Gasteiger partial charge < -0.3 is 34.2 Å². The number of nitrogens with zero attached hydrogens (tertiary/aromatic N) is 2. The van der Waals surface area contributed by atoms with Crippen molar-refractivity contribution in [1.82, 2.24) is 15.1 Å². The number of carbonyl (C=O) groups is 4. The average Bonchev–Trinajstić information content (AvgIpc) is 3.81. The predicted octanol–water partition coefficient (Wildman–Crippen LogP) is 6.72. The number of halogens is 1. The maximum atomic E-state index is 14.3. The molecule has 2 aliphatic heterocycles. The molecule has 13 heteroatoms. The molecule has 298 valence electrons. The summed E-state index contributed by atoms with van der Waals surface area (Å²) >= 11 is 0. The van der Waals surface area contributed by atoms with Gasteiger partial charge in [-0.15, -0.1) is 0 Å². The molecule has 0 bridgehead atoms. The van der Waals surface area contributed by atoms with E-state index in [0.29, 0.717) is 54.8 Å². The summed E-state index contributed by atoms with van der Waals surface area (Å²) in [6.07, 6.45) is 8.81. The van der Waals surface area contributed by atoms with Crippen LogP contribution in [0, 0.1) is 23.7 Å². The van der Waals surface area contributed by atoms with Gasteiger partial charge in [-0.05, 0) is 101 Å². The number of alkyl halides is 1. The normalized spacial score (nSPS) is 24.9. The third kappa shape index (κ3) is 10.3. The zero-order chi connectivity index (χ0) is 38.2. The number of carbonyl (C=O) groups excluding carboxylic acids is 4. The summed E-state index contributed by atoms with van der Waals surface area (Å²) in [4.78, 5) is 57.7. The highest BCUT2D eigenvalue weighted by Crippen LogP contribution is 2.41. The van der Waals surface area contributed by atoms with Crippen LogP contribution in [0.2, 0.25) is 0 Å². The largest absolute Gasteiger partial charge is 0.460 e. The Morgan fingerprint density at radius 3 is 2.39 bits per heavy atom. The molecule has 1 aromatic carbocycles. The summed E-state index contributed by atoms with van der Waals surface area (Å²) in [5, 5.41) is 6.48. The number of benzene rings is 1. The fraction of sp³-hybridized carbons (Fsp3) is 0.707. The molecule has 0 radical (unpaired) electrons.